The van der Waals surface area contributed by atoms with Crippen molar-refractivity contribution in [2.24, 2.45) is 0 Å². The first-order valence-corrected chi connectivity index (χ1v) is 12.0. The van der Waals surface area contributed by atoms with E-state index in [9.17, 15) is 21.6 Å². The highest BCUT2D eigenvalue weighted by molar-refractivity contribution is 7.93. The molecule has 1 saturated heterocycles. The van der Waals surface area contributed by atoms with Gasteiger partial charge < -0.3 is 5.32 Å². The molecule has 0 unspecified atom stereocenters. The molecule has 0 aliphatic carbocycles. The number of amides is 1. The summed E-state index contributed by atoms with van der Waals surface area (Å²) < 4.78 is 48.1. The molecule has 1 N–H and O–H groups in total. The zero-order valence-corrected chi connectivity index (χ0v) is 16.8. The van der Waals surface area contributed by atoms with E-state index in [2.05, 4.69) is 5.32 Å². The third-order valence-corrected chi connectivity index (χ3v) is 7.26. The van der Waals surface area contributed by atoms with Crippen LogP contribution in [0, 0.1) is 0 Å². The summed E-state index contributed by atoms with van der Waals surface area (Å²) in [6.07, 6.45) is 4.71. The molecule has 0 atom stereocenters. The van der Waals surface area contributed by atoms with Gasteiger partial charge in [-0.05, 0) is 54.5 Å². The smallest absolute Gasteiger partial charge is 0.248 e. The highest BCUT2D eigenvalue weighted by atomic mass is 32.2. The van der Waals surface area contributed by atoms with Crippen LogP contribution in [0.3, 0.4) is 0 Å². The van der Waals surface area contributed by atoms with Gasteiger partial charge in [-0.15, -0.1) is 0 Å². The van der Waals surface area contributed by atoms with Crippen LogP contribution in [0.1, 0.15) is 12.0 Å². The molecular formula is C19H20N2O5S2. The molecule has 0 bridgehead atoms. The summed E-state index contributed by atoms with van der Waals surface area (Å²) >= 11 is 0. The van der Waals surface area contributed by atoms with Crippen molar-refractivity contribution in [3.63, 3.8) is 0 Å². The van der Waals surface area contributed by atoms with E-state index in [0.717, 1.165) is 11.8 Å². The van der Waals surface area contributed by atoms with Crippen LogP contribution in [0.2, 0.25) is 0 Å². The Morgan fingerprint density at radius 1 is 1.07 bits per heavy atom. The Morgan fingerprint density at radius 3 is 2.25 bits per heavy atom. The van der Waals surface area contributed by atoms with Crippen LogP contribution in [0.15, 0.2) is 59.5 Å². The molecule has 2 aromatic rings. The molecular weight excluding hydrogens is 400 g/mol. The Balaban J connectivity index is 1.63. The number of nitrogens with one attached hydrogen (secondary N) is 1. The summed E-state index contributed by atoms with van der Waals surface area (Å²) in [4.78, 5) is 12.2. The molecule has 3 rings (SSSR count). The molecule has 0 radical (unpaired) electrons. The topological polar surface area (TPSA) is 101 Å². The maximum Gasteiger partial charge on any atom is 0.248 e. The molecule has 0 saturated carbocycles. The van der Waals surface area contributed by atoms with Crippen molar-refractivity contribution in [3.05, 3.63) is 60.2 Å². The van der Waals surface area contributed by atoms with Gasteiger partial charge in [-0.2, -0.15) is 0 Å². The number of sulfone groups is 1. The number of benzene rings is 2. The van der Waals surface area contributed by atoms with Crippen molar-refractivity contribution in [1.82, 2.24) is 0 Å². The van der Waals surface area contributed by atoms with Gasteiger partial charge in [-0.25, -0.2) is 16.8 Å². The molecule has 9 heteroatoms. The van der Waals surface area contributed by atoms with Crippen molar-refractivity contribution in [3.8, 4) is 0 Å². The summed E-state index contributed by atoms with van der Waals surface area (Å²) in [5, 5.41) is 2.65. The number of carbonyl (C=O) groups excluding carboxylic acids is 1. The van der Waals surface area contributed by atoms with Gasteiger partial charge in [0.25, 0.3) is 0 Å². The molecule has 1 amide bonds. The lowest BCUT2D eigenvalue weighted by Crippen LogP contribution is -2.24. The number of sulfonamides is 1. The molecule has 7 nitrogen and oxygen atoms in total. The van der Waals surface area contributed by atoms with E-state index in [0.29, 0.717) is 24.3 Å². The van der Waals surface area contributed by atoms with E-state index in [-0.39, 0.29) is 16.6 Å². The van der Waals surface area contributed by atoms with Crippen LogP contribution >= 0.6 is 0 Å². The molecule has 1 aliphatic heterocycles. The average Bonchev–Trinajstić information content (AvgIpc) is 2.99. The number of hydrogen-bond donors (Lipinski definition) is 1. The van der Waals surface area contributed by atoms with E-state index in [1.54, 1.807) is 30.3 Å². The second-order valence-electron chi connectivity index (χ2n) is 6.45. The summed E-state index contributed by atoms with van der Waals surface area (Å²) in [7, 11) is -6.49. The van der Waals surface area contributed by atoms with Gasteiger partial charge in [-0.1, -0.05) is 12.1 Å². The van der Waals surface area contributed by atoms with Crippen LogP contribution < -0.4 is 9.62 Å². The van der Waals surface area contributed by atoms with Gasteiger partial charge in [0.05, 0.1) is 16.3 Å². The average molecular weight is 421 g/mol. The van der Waals surface area contributed by atoms with Crippen LogP contribution in [0.4, 0.5) is 11.4 Å². The number of anilines is 2. The Labute approximate surface area is 164 Å². The van der Waals surface area contributed by atoms with Crippen LogP contribution in [0.5, 0.6) is 0 Å². The maximum atomic E-state index is 12.0. The molecule has 28 heavy (non-hydrogen) atoms. The van der Waals surface area contributed by atoms with E-state index in [1.165, 1.54) is 34.6 Å². The minimum absolute atomic E-state index is 0.167. The number of nitrogens with zero attached hydrogens (tertiary/aromatic N) is 1. The monoisotopic (exact) mass is 420 g/mol. The van der Waals surface area contributed by atoms with E-state index in [4.69, 9.17) is 0 Å². The van der Waals surface area contributed by atoms with Crippen molar-refractivity contribution >= 4 is 43.2 Å². The second-order valence-corrected chi connectivity index (χ2v) is 10.5. The quantitative estimate of drug-likeness (QED) is 0.748. The van der Waals surface area contributed by atoms with Gasteiger partial charge in [-0.3, -0.25) is 9.10 Å². The first-order chi connectivity index (χ1) is 13.1. The maximum absolute atomic E-state index is 12.0. The molecule has 0 aromatic heterocycles. The summed E-state index contributed by atoms with van der Waals surface area (Å²) in [5.74, 6) is -0.196. The summed E-state index contributed by atoms with van der Waals surface area (Å²) in [6.45, 7) is 0.484. The van der Waals surface area contributed by atoms with E-state index >= 15 is 0 Å². The fourth-order valence-electron chi connectivity index (χ4n) is 2.82. The normalized spacial score (nSPS) is 16.4. The van der Waals surface area contributed by atoms with Gasteiger partial charge in [0.15, 0.2) is 9.84 Å². The number of rotatable bonds is 5. The van der Waals surface area contributed by atoms with Crippen LogP contribution in [0.25, 0.3) is 6.08 Å². The zero-order valence-electron chi connectivity index (χ0n) is 15.2. The predicted octanol–water partition coefficient (Wildman–Crippen LogP) is 2.28. The molecule has 0 spiro atoms. The van der Waals surface area contributed by atoms with E-state index in [1.807, 2.05) is 0 Å². The van der Waals surface area contributed by atoms with Gasteiger partial charge in [0, 0.05) is 24.6 Å². The lowest BCUT2D eigenvalue weighted by Gasteiger charge is -2.16. The lowest BCUT2D eigenvalue weighted by atomic mass is 10.2. The standard InChI is InChI=1S/C19H20N2O5S2/c1-27(23,24)18-10-6-16(7-11-18)20-19(22)12-5-15-3-8-17(9-4-15)21-13-2-14-28(21,25)26/h3-12H,2,13-14H2,1H3,(H,20,22)/b12-5+. The first kappa shape index (κ1) is 20.1. The number of hydrogen-bond acceptors (Lipinski definition) is 5. The predicted molar refractivity (Wildman–Crippen MR) is 109 cm³/mol. The molecule has 1 aliphatic rings. The Kier molecular flexibility index (Phi) is 5.57. The van der Waals surface area contributed by atoms with Crippen molar-refractivity contribution in [1.29, 1.82) is 0 Å². The van der Waals surface area contributed by atoms with Crippen molar-refractivity contribution in [2.45, 2.75) is 11.3 Å². The summed E-state index contributed by atoms with van der Waals surface area (Å²) in [6, 6.07) is 12.8. The van der Waals surface area contributed by atoms with Crippen LogP contribution in [-0.2, 0) is 24.7 Å². The van der Waals surface area contributed by atoms with Gasteiger partial charge >= 0.3 is 0 Å². The first-order valence-electron chi connectivity index (χ1n) is 8.55. The highest BCUT2D eigenvalue weighted by Gasteiger charge is 2.28. The minimum atomic E-state index is -3.28. The van der Waals surface area contributed by atoms with Gasteiger partial charge in [0.2, 0.25) is 15.9 Å². The fraction of sp³-hybridized carbons (Fsp3) is 0.211. The third kappa shape index (κ3) is 4.79. The van der Waals surface area contributed by atoms with E-state index < -0.39 is 19.9 Å². The van der Waals surface area contributed by atoms with Crippen molar-refractivity contribution in [2.75, 3.05) is 28.2 Å². The second kappa shape index (κ2) is 7.76. The number of carbonyl (C=O) groups is 1. The zero-order chi connectivity index (χ0) is 20.4. The largest absolute Gasteiger partial charge is 0.323 e. The SMILES string of the molecule is CS(=O)(=O)c1ccc(NC(=O)/C=C/c2ccc(N3CCCS3(=O)=O)cc2)cc1. The minimum Gasteiger partial charge on any atom is -0.323 e. The Morgan fingerprint density at radius 2 is 1.71 bits per heavy atom. The molecule has 1 heterocycles. The fourth-order valence-corrected chi connectivity index (χ4v) is 5.02. The van der Waals surface area contributed by atoms with Crippen molar-refractivity contribution < 1.29 is 21.6 Å². The highest BCUT2D eigenvalue weighted by Crippen LogP contribution is 2.24. The molecule has 2 aromatic carbocycles. The molecule has 1 fully saturated rings. The third-order valence-electron chi connectivity index (χ3n) is 4.26. The van der Waals surface area contributed by atoms with Crippen LogP contribution in [-0.4, -0.2) is 41.3 Å². The van der Waals surface area contributed by atoms with Gasteiger partial charge in [0.1, 0.15) is 0 Å². The lowest BCUT2D eigenvalue weighted by molar-refractivity contribution is -0.111. The summed E-state index contributed by atoms with van der Waals surface area (Å²) in [5.41, 5.74) is 1.85. The molecule has 148 valence electrons. The Hall–Kier alpha value is -2.65. The Bertz CT molecular complexity index is 1100.